The first-order valence-electron chi connectivity index (χ1n) is 7.85. The van der Waals surface area contributed by atoms with Crippen LogP contribution in [0.25, 0.3) is 6.08 Å². The molecule has 0 amide bonds. The highest BCUT2D eigenvalue weighted by Crippen LogP contribution is 2.19. The molecule has 0 aliphatic rings. The van der Waals surface area contributed by atoms with E-state index in [4.69, 9.17) is 4.74 Å². The summed E-state index contributed by atoms with van der Waals surface area (Å²) >= 11 is 0. The maximum absolute atomic E-state index is 5.70. The second-order valence-electron chi connectivity index (χ2n) is 4.61. The van der Waals surface area contributed by atoms with Gasteiger partial charge < -0.3 is 10.1 Å². The third-order valence-electron chi connectivity index (χ3n) is 2.89. The lowest BCUT2D eigenvalue weighted by atomic mass is 10.2. The molecule has 0 heterocycles. The highest BCUT2D eigenvalue weighted by atomic mass is 16.5. The minimum absolute atomic E-state index is 0.810. The van der Waals surface area contributed by atoms with Crippen LogP contribution in [-0.4, -0.2) is 19.7 Å². The Morgan fingerprint density at radius 2 is 1.75 bits per heavy atom. The van der Waals surface area contributed by atoms with E-state index in [0.717, 1.165) is 37.4 Å². The van der Waals surface area contributed by atoms with Gasteiger partial charge in [0.25, 0.3) is 0 Å². The van der Waals surface area contributed by atoms with Crippen molar-refractivity contribution < 1.29 is 4.74 Å². The summed E-state index contributed by atoms with van der Waals surface area (Å²) < 4.78 is 5.70. The zero-order chi connectivity index (χ0) is 15.1. The average molecular weight is 277 g/mol. The molecule has 0 saturated heterocycles. The molecule has 0 atom stereocenters. The number of para-hydroxylation sites is 1. The standard InChI is InChI=1S/C14H20O.C4H11N/c1-3-5-6-9-12-15-14-11-8-7-10-13(14)4-2;1-3-5-4-2/h4,7-8,10-11H,2-3,5-6,9,12H2,1H3;5H,3-4H2,1-2H3. The Bertz CT molecular complexity index is 334. The molecule has 1 N–H and O–H groups in total. The predicted octanol–water partition coefficient (Wildman–Crippen LogP) is 4.90. The van der Waals surface area contributed by atoms with Crippen molar-refractivity contribution >= 4 is 6.08 Å². The van der Waals surface area contributed by atoms with Crippen LogP contribution < -0.4 is 10.1 Å². The third-order valence-corrected chi connectivity index (χ3v) is 2.89. The zero-order valence-electron chi connectivity index (χ0n) is 13.5. The first-order valence-corrected chi connectivity index (χ1v) is 7.85. The molecule has 0 bridgehead atoms. The van der Waals surface area contributed by atoms with Gasteiger partial charge in [-0.3, -0.25) is 0 Å². The van der Waals surface area contributed by atoms with E-state index in [9.17, 15) is 0 Å². The van der Waals surface area contributed by atoms with Crippen LogP contribution in [0.2, 0.25) is 0 Å². The zero-order valence-corrected chi connectivity index (χ0v) is 13.5. The van der Waals surface area contributed by atoms with E-state index in [1.165, 1.54) is 19.3 Å². The molecule has 1 aromatic rings. The Labute approximate surface area is 125 Å². The lowest BCUT2D eigenvalue weighted by molar-refractivity contribution is 0.304. The summed E-state index contributed by atoms with van der Waals surface area (Å²) in [6.45, 7) is 13.2. The number of unbranched alkanes of at least 4 members (excludes halogenated alkanes) is 3. The molecular weight excluding hydrogens is 246 g/mol. The smallest absolute Gasteiger partial charge is 0.126 e. The van der Waals surface area contributed by atoms with Crippen molar-refractivity contribution in [2.24, 2.45) is 0 Å². The average Bonchev–Trinajstić information content (AvgIpc) is 2.49. The van der Waals surface area contributed by atoms with Crippen molar-refractivity contribution in [1.82, 2.24) is 5.32 Å². The maximum Gasteiger partial charge on any atom is 0.126 e. The number of nitrogens with one attached hydrogen (secondary N) is 1. The van der Waals surface area contributed by atoms with Gasteiger partial charge in [0.15, 0.2) is 0 Å². The third kappa shape index (κ3) is 9.62. The summed E-state index contributed by atoms with van der Waals surface area (Å²) in [5.74, 6) is 0.948. The predicted molar refractivity (Wildman–Crippen MR) is 90.4 cm³/mol. The van der Waals surface area contributed by atoms with Gasteiger partial charge in [0, 0.05) is 5.56 Å². The molecular formula is C18H31NO. The Kier molecular flexibility index (Phi) is 13.2. The first kappa shape index (κ1) is 18.7. The monoisotopic (exact) mass is 277 g/mol. The van der Waals surface area contributed by atoms with Gasteiger partial charge >= 0.3 is 0 Å². The lowest BCUT2D eigenvalue weighted by Gasteiger charge is -2.08. The van der Waals surface area contributed by atoms with Crippen molar-refractivity contribution in [1.29, 1.82) is 0 Å². The quantitative estimate of drug-likeness (QED) is 0.648. The summed E-state index contributed by atoms with van der Waals surface area (Å²) in [7, 11) is 0. The fourth-order valence-electron chi connectivity index (χ4n) is 1.74. The highest BCUT2D eigenvalue weighted by molar-refractivity contribution is 5.55. The molecule has 114 valence electrons. The van der Waals surface area contributed by atoms with E-state index < -0.39 is 0 Å². The molecule has 0 unspecified atom stereocenters. The molecule has 2 heteroatoms. The molecule has 1 aromatic carbocycles. The minimum atomic E-state index is 0.810. The van der Waals surface area contributed by atoms with Gasteiger partial charge in [-0.05, 0) is 25.6 Å². The number of rotatable bonds is 9. The Morgan fingerprint density at radius 3 is 2.30 bits per heavy atom. The van der Waals surface area contributed by atoms with E-state index in [1.54, 1.807) is 0 Å². The van der Waals surface area contributed by atoms with Crippen LogP contribution in [0, 0.1) is 0 Å². The molecule has 0 saturated carbocycles. The molecule has 2 nitrogen and oxygen atoms in total. The van der Waals surface area contributed by atoms with E-state index in [1.807, 2.05) is 30.3 Å². The second kappa shape index (κ2) is 14.1. The van der Waals surface area contributed by atoms with Crippen LogP contribution in [0.3, 0.4) is 0 Å². The summed E-state index contributed by atoms with van der Waals surface area (Å²) in [5, 5.41) is 3.11. The molecule has 20 heavy (non-hydrogen) atoms. The van der Waals surface area contributed by atoms with Gasteiger partial charge in [-0.25, -0.2) is 0 Å². The van der Waals surface area contributed by atoms with E-state index in [2.05, 4.69) is 32.7 Å². The van der Waals surface area contributed by atoms with Crippen molar-refractivity contribution in [3.8, 4) is 5.75 Å². The van der Waals surface area contributed by atoms with Crippen molar-refractivity contribution in [2.45, 2.75) is 46.5 Å². The van der Waals surface area contributed by atoms with Crippen LogP contribution in [-0.2, 0) is 0 Å². The molecule has 0 aliphatic carbocycles. The van der Waals surface area contributed by atoms with Crippen LogP contribution in [0.4, 0.5) is 0 Å². The molecule has 0 aromatic heterocycles. The van der Waals surface area contributed by atoms with Gasteiger partial charge in [-0.2, -0.15) is 0 Å². The largest absolute Gasteiger partial charge is 0.493 e. The Hall–Kier alpha value is -1.28. The molecule has 0 aliphatic heterocycles. The molecule has 0 radical (unpaired) electrons. The van der Waals surface area contributed by atoms with E-state index >= 15 is 0 Å². The summed E-state index contributed by atoms with van der Waals surface area (Å²) in [4.78, 5) is 0. The summed E-state index contributed by atoms with van der Waals surface area (Å²) in [6, 6.07) is 8.01. The molecule has 0 spiro atoms. The van der Waals surface area contributed by atoms with Crippen LogP contribution >= 0.6 is 0 Å². The fraction of sp³-hybridized carbons (Fsp3) is 0.556. The van der Waals surface area contributed by atoms with Crippen molar-refractivity contribution in [2.75, 3.05) is 19.7 Å². The number of hydrogen-bond donors (Lipinski definition) is 1. The lowest BCUT2D eigenvalue weighted by Crippen LogP contribution is -2.09. The summed E-state index contributed by atoms with van der Waals surface area (Å²) in [6.07, 6.45) is 6.79. The van der Waals surface area contributed by atoms with E-state index in [0.29, 0.717) is 0 Å². The number of benzene rings is 1. The SMILES string of the molecule is C=Cc1ccccc1OCCCCCC.CCNCC. The molecule has 0 fully saturated rings. The van der Waals surface area contributed by atoms with Gasteiger partial charge in [0.1, 0.15) is 5.75 Å². The van der Waals surface area contributed by atoms with Crippen molar-refractivity contribution in [3.05, 3.63) is 36.4 Å². The van der Waals surface area contributed by atoms with Crippen LogP contribution in [0.1, 0.15) is 52.0 Å². The minimum Gasteiger partial charge on any atom is -0.493 e. The Morgan fingerprint density at radius 1 is 1.05 bits per heavy atom. The maximum atomic E-state index is 5.70. The highest BCUT2D eigenvalue weighted by Gasteiger charge is 1.98. The van der Waals surface area contributed by atoms with Gasteiger partial charge in [-0.1, -0.05) is 70.9 Å². The van der Waals surface area contributed by atoms with Gasteiger partial charge in [0.2, 0.25) is 0 Å². The van der Waals surface area contributed by atoms with Crippen molar-refractivity contribution in [3.63, 3.8) is 0 Å². The normalized spacial score (nSPS) is 9.55. The van der Waals surface area contributed by atoms with Gasteiger partial charge in [-0.15, -0.1) is 0 Å². The fourth-order valence-corrected chi connectivity index (χ4v) is 1.74. The first-order chi connectivity index (χ1) is 9.79. The number of ether oxygens (including phenoxy) is 1. The van der Waals surface area contributed by atoms with Crippen LogP contribution in [0.5, 0.6) is 5.75 Å². The summed E-state index contributed by atoms with van der Waals surface area (Å²) in [5.41, 5.74) is 1.08. The van der Waals surface area contributed by atoms with Crippen LogP contribution in [0.15, 0.2) is 30.8 Å². The Balaban J connectivity index is 0.000000621. The second-order valence-corrected chi connectivity index (χ2v) is 4.61. The number of hydrogen-bond acceptors (Lipinski definition) is 2. The topological polar surface area (TPSA) is 21.3 Å². The van der Waals surface area contributed by atoms with E-state index in [-0.39, 0.29) is 0 Å². The molecule has 1 rings (SSSR count). The van der Waals surface area contributed by atoms with Gasteiger partial charge in [0.05, 0.1) is 6.61 Å².